The number of nitrogens with zero attached hydrogens (tertiary/aromatic N) is 3. The Morgan fingerprint density at radius 3 is 2.35 bits per heavy atom. The third-order valence-electron chi connectivity index (χ3n) is 7.35. The van der Waals surface area contributed by atoms with E-state index in [1.807, 2.05) is 0 Å². The van der Waals surface area contributed by atoms with Crippen LogP contribution in [0.25, 0.3) is 0 Å². The van der Waals surface area contributed by atoms with Gasteiger partial charge in [0.25, 0.3) is 5.69 Å². The van der Waals surface area contributed by atoms with E-state index in [4.69, 9.17) is 9.16 Å². The number of β-lactam (4-membered cyclic amide) rings is 1. The first-order valence-electron chi connectivity index (χ1n) is 11.8. The summed E-state index contributed by atoms with van der Waals surface area (Å²) in [5.74, 6) is -1.35. The van der Waals surface area contributed by atoms with E-state index >= 15 is 0 Å². The van der Waals surface area contributed by atoms with Gasteiger partial charge in [0, 0.05) is 23.7 Å². The van der Waals surface area contributed by atoms with Gasteiger partial charge in [-0.05, 0) is 48.5 Å². The summed E-state index contributed by atoms with van der Waals surface area (Å²) in [5, 5.41) is 22.1. The summed E-state index contributed by atoms with van der Waals surface area (Å²) < 4.78 is 10.5. The highest BCUT2D eigenvalue weighted by atomic mass is 32.2. The molecular formula is C23H33N3O8S2Si. The van der Waals surface area contributed by atoms with Crippen molar-refractivity contribution in [2.75, 3.05) is 19.4 Å². The fourth-order valence-electron chi connectivity index (χ4n) is 4.14. The van der Waals surface area contributed by atoms with E-state index in [1.54, 1.807) is 6.26 Å². The molecular weight excluding hydrogens is 538 g/mol. The molecule has 1 aromatic rings. The zero-order valence-corrected chi connectivity index (χ0v) is 24.4. The van der Waals surface area contributed by atoms with Gasteiger partial charge in [-0.15, -0.1) is 23.5 Å². The molecule has 4 atom stereocenters. The zero-order valence-electron chi connectivity index (χ0n) is 21.8. The van der Waals surface area contributed by atoms with Gasteiger partial charge < -0.3 is 14.1 Å². The number of thioether (sulfide) groups is 2. The quantitative estimate of drug-likeness (QED) is 0.124. The van der Waals surface area contributed by atoms with Crippen LogP contribution in [0.2, 0.25) is 18.1 Å². The lowest BCUT2D eigenvalue weighted by molar-refractivity contribution is -0.481. The molecule has 2 heterocycles. The lowest BCUT2D eigenvalue weighted by Crippen LogP contribution is -2.63. The number of rotatable bonds is 11. The molecule has 0 spiro atoms. The minimum Gasteiger partial charge on any atom is -0.459 e. The van der Waals surface area contributed by atoms with E-state index in [1.165, 1.54) is 52.7 Å². The third kappa shape index (κ3) is 5.96. The van der Waals surface area contributed by atoms with Crippen molar-refractivity contribution in [2.45, 2.75) is 67.4 Å². The molecule has 14 heteroatoms. The van der Waals surface area contributed by atoms with Crippen molar-refractivity contribution in [1.82, 2.24) is 4.90 Å². The second-order valence-corrected chi connectivity index (χ2v) is 18.4. The summed E-state index contributed by atoms with van der Waals surface area (Å²) in [7, 11) is -1.99. The molecule has 2 saturated heterocycles. The van der Waals surface area contributed by atoms with Crippen LogP contribution in [-0.2, 0) is 25.4 Å². The molecule has 2 unspecified atom stereocenters. The van der Waals surface area contributed by atoms with Crippen molar-refractivity contribution in [1.29, 1.82) is 0 Å². The van der Waals surface area contributed by atoms with Crippen LogP contribution in [0.3, 0.4) is 0 Å². The topological polar surface area (TPSA) is 142 Å². The van der Waals surface area contributed by atoms with Crippen molar-refractivity contribution in [2.24, 2.45) is 5.92 Å². The number of amides is 1. The minimum absolute atomic E-state index is 0.0308. The van der Waals surface area contributed by atoms with Gasteiger partial charge in [0.2, 0.25) is 12.5 Å². The molecule has 0 radical (unpaired) electrons. The number of ether oxygens (including phenoxy) is 1. The largest absolute Gasteiger partial charge is 0.459 e. The van der Waals surface area contributed by atoms with Gasteiger partial charge in [0.05, 0.1) is 16.2 Å². The van der Waals surface area contributed by atoms with E-state index in [9.17, 15) is 29.8 Å². The number of non-ortho nitro benzene ring substituents is 1. The highest BCUT2D eigenvalue weighted by Crippen LogP contribution is 2.58. The van der Waals surface area contributed by atoms with Crippen LogP contribution in [0.15, 0.2) is 24.3 Å². The smallest absolute Gasteiger partial charge is 0.331 e. The summed E-state index contributed by atoms with van der Waals surface area (Å²) in [6.45, 7) is 10.4. The number of hydrogen-bond donors (Lipinski definition) is 0. The van der Waals surface area contributed by atoms with E-state index < -0.39 is 40.8 Å². The Balaban J connectivity index is 1.73. The summed E-state index contributed by atoms with van der Waals surface area (Å²) in [5.41, 5.74) is 0.438. The van der Waals surface area contributed by atoms with Gasteiger partial charge in [0.15, 0.2) is 18.4 Å². The summed E-state index contributed by atoms with van der Waals surface area (Å²) in [6, 6.07) is 4.44. The maximum absolute atomic E-state index is 13.3. The van der Waals surface area contributed by atoms with Gasteiger partial charge in [-0.1, -0.05) is 20.8 Å². The number of nitro benzene ring substituents is 1. The van der Waals surface area contributed by atoms with E-state index in [0.717, 1.165) is 0 Å². The molecule has 1 amide bonds. The van der Waals surface area contributed by atoms with Crippen molar-refractivity contribution in [3.8, 4) is 0 Å². The summed E-state index contributed by atoms with van der Waals surface area (Å²) >= 11 is 2.46. The predicted octanol–water partition coefficient (Wildman–Crippen LogP) is 4.29. The molecule has 0 saturated carbocycles. The highest BCUT2D eigenvalue weighted by Gasteiger charge is 2.68. The molecule has 2 fully saturated rings. The lowest BCUT2D eigenvalue weighted by Gasteiger charge is -2.44. The molecule has 37 heavy (non-hydrogen) atoms. The lowest BCUT2D eigenvalue weighted by atomic mass is 9.92. The highest BCUT2D eigenvalue weighted by molar-refractivity contribution is 8.18. The number of benzene rings is 1. The van der Waals surface area contributed by atoms with Crippen molar-refractivity contribution >= 4 is 49.4 Å². The minimum atomic E-state index is -1.99. The van der Waals surface area contributed by atoms with E-state index in [0.29, 0.717) is 18.6 Å². The molecule has 204 valence electrons. The van der Waals surface area contributed by atoms with Crippen LogP contribution in [-0.4, -0.2) is 69.8 Å². The summed E-state index contributed by atoms with van der Waals surface area (Å²) in [6.07, 6.45) is 2.17. The molecule has 2 aliphatic heterocycles. The first kappa shape index (κ1) is 29.4. The van der Waals surface area contributed by atoms with Crippen LogP contribution < -0.4 is 0 Å². The number of hydrogen-bond acceptors (Lipinski definition) is 10. The van der Waals surface area contributed by atoms with Crippen molar-refractivity contribution < 1.29 is 28.6 Å². The Kier molecular flexibility index (Phi) is 8.66. The first-order valence-corrected chi connectivity index (χ1v) is 16.9. The van der Waals surface area contributed by atoms with Crippen LogP contribution in [0.4, 0.5) is 5.69 Å². The fraction of sp³-hybridized carbons (Fsp3) is 0.652. The van der Waals surface area contributed by atoms with Crippen LogP contribution in [0.1, 0.15) is 32.8 Å². The molecule has 0 aliphatic carbocycles. The normalized spacial score (nSPS) is 25.4. The monoisotopic (exact) mass is 571 g/mol. The van der Waals surface area contributed by atoms with Crippen LogP contribution >= 0.6 is 23.5 Å². The molecule has 3 rings (SSSR count). The molecule has 1 aromatic carbocycles. The van der Waals surface area contributed by atoms with Crippen molar-refractivity contribution in [3.05, 3.63) is 50.1 Å². The Labute approximate surface area is 225 Å². The second kappa shape index (κ2) is 10.9. The Hall–Kier alpha value is -2.16. The fourth-order valence-corrected chi connectivity index (χ4v) is 8.23. The first-order chi connectivity index (χ1) is 17.1. The predicted molar refractivity (Wildman–Crippen MR) is 144 cm³/mol. The maximum atomic E-state index is 13.3. The maximum Gasteiger partial charge on any atom is 0.331 e. The molecule has 2 aliphatic rings. The number of nitro groups is 2. The van der Waals surface area contributed by atoms with Crippen LogP contribution in [0.5, 0.6) is 0 Å². The summed E-state index contributed by atoms with van der Waals surface area (Å²) in [4.78, 5) is 49.3. The Morgan fingerprint density at radius 1 is 1.22 bits per heavy atom. The van der Waals surface area contributed by atoms with E-state index in [-0.39, 0.29) is 34.5 Å². The standard InChI is InChI=1S/C23H33N3O8S2Si/c1-22(2,3)37(5,6)34-12-11-17-19(27)25-18(23(35-4,14-24(29)30)36-20(17)25)21(28)33-13-15-7-9-16(10-8-15)26(31)32/h7-10,17-18,20H,11-14H2,1-6H3/t17-,18?,20-,23?/m0/s1. The molecule has 0 bridgehead atoms. The number of fused-ring (bicyclic) bond motifs is 1. The average molecular weight is 572 g/mol. The van der Waals surface area contributed by atoms with Gasteiger partial charge in [-0.3, -0.25) is 25.0 Å². The SMILES string of the molecule is CSC1(C[N+](=O)[O-])S[C@H]2[C@@H](CCO[Si](C)(C)C(C)(C)C)C(=O)N2C1C(=O)OCc1ccc([N+](=O)[O-])cc1. The number of esters is 1. The molecule has 0 N–H and O–H groups in total. The van der Waals surface area contributed by atoms with Crippen LogP contribution in [0, 0.1) is 26.1 Å². The zero-order chi connectivity index (χ0) is 27.8. The third-order valence-corrected chi connectivity index (χ3v) is 15.3. The molecule has 11 nitrogen and oxygen atoms in total. The number of carbonyl (C=O) groups is 2. The van der Waals surface area contributed by atoms with E-state index in [2.05, 4.69) is 33.9 Å². The van der Waals surface area contributed by atoms with Gasteiger partial charge in [-0.2, -0.15) is 0 Å². The Bertz CT molecular complexity index is 1070. The van der Waals surface area contributed by atoms with Crippen molar-refractivity contribution in [3.63, 3.8) is 0 Å². The molecule has 0 aromatic heterocycles. The van der Waals surface area contributed by atoms with Gasteiger partial charge in [-0.25, -0.2) is 4.79 Å². The van der Waals surface area contributed by atoms with Gasteiger partial charge in [0.1, 0.15) is 6.61 Å². The number of carbonyl (C=O) groups excluding carboxylic acids is 2. The Morgan fingerprint density at radius 2 is 1.84 bits per heavy atom. The average Bonchev–Trinajstić information content (AvgIpc) is 3.10. The van der Waals surface area contributed by atoms with Gasteiger partial charge >= 0.3 is 5.97 Å². The second-order valence-electron chi connectivity index (χ2n) is 10.7.